The first-order valence-corrected chi connectivity index (χ1v) is 16.3. The van der Waals surface area contributed by atoms with Crippen LogP contribution in [0.4, 0.5) is 0 Å². The molecule has 3 unspecified atom stereocenters. The number of benzene rings is 1. The van der Waals surface area contributed by atoms with Gasteiger partial charge in [-0.15, -0.1) is 0 Å². The molecular formula is C38H61NO6. The molecule has 254 valence electrons. The van der Waals surface area contributed by atoms with Gasteiger partial charge in [0.05, 0.1) is 12.2 Å². The van der Waals surface area contributed by atoms with Crippen molar-refractivity contribution in [3.63, 3.8) is 0 Å². The number of ether oxygens (including phenoxy) is 1. The highest BCUT2D eigenvalue weighted by Gasteiger charge is 2.46. The molecule has 1 aromatic carbocycles. The number of carboxylic acids is 1. The van der Waals surface area contributed by atoms with E-state index >= 15 is 0 Å². The number of phenols is 1. The smallest absolute Gasteiger partial charge is 0.303 e. The monoisotopic (exact) mass is 627 g/mol. The van der Waals surface area contributed by atoms with E-state index in [1.807, 2.05) is 13.0 Å². The number of aliphatic carboxylic acids is 1. The van der Waals surface area contributed by atoms with E-state index in [1.54, 1.807) is 0 Å². The Labute approximate surface area is 272 Å². The number of aliphatic hydroxyl groups is 2. The van der Waals surface area contributed by atoms with Crippen LogP contribution in [0.2, 0.25) is 0 Å². The lowest BCUT2D eigenvalue weighted by Gasteiger charge is -2.47. The molecule has 1 aliphatic carbocycles. The summed E-state index contributed by atoms with van der Waals surface area (Å²) in [6, 6.07) is 4.09. The average Bonchev–Trinajstić information content (AvgIpc) is 3.32. The van der Waals surface area contributed by atoms with Gasteiger partial charge in [0.2, 0.25) is 0 Å². The van der Waals surface area contributed by atoms with Crippen molar-refractivity contribution < 1.29 is 30.0 Å². The second-order valence-electron chi connectivity index (χ2n) is 17.1. The number of hydrogen-bond acceptors (Lipinski definition) is 6. The highest BCUT2D eigenvalue weighted by Crippen LogP contribution is 2.49. The number of aromatic hydroxyl groups is 1. The second kappa shape index (κ2) is 14.0. The molecule has 0 fully saturated rings. The first kappa shape index (κ1) is 38.5. The van der Waals surface area contributed by atoms with Crippen LogP contribution in [0.3, 0.4) is 0 Å². The van der Waals surface area contributed by atoms with Gasteiger partial charge in [0.15, 0.2) is 5.90 Å². The SMILES string of the molecule is CC(C)(C)C1=CC(CCC(=O)O)=CC(C(C)(C)C)C1(C)O.CC(C)(C)c1cc(CCC2=NC(CO)CO2)cc(C(C)(C)C)c1O. The van der Waals surface area contributed by atoms with Crippen LogP contribution < -0.4 is 0 Å². The molecule has 2 aliphatic rings. The summed E-state index contributed by atoms with van der Waals surface area (Å²) >= 11 is 0. The molecule has 1 heterocycles. The minimum Gasteiger partial charge on any atom is -0.507 e. The maximum Gasteiger partial charge on any atom is 0.303 e. The Morgan fingerprint density at radius 2 is 1.44 bits per heavy atom. The topological polar surface area (TPSA) is 120 Å². The third kappa shape index (κ3) is 10.4. The third-order valence-electron chi connectivity index (χ3n) is 8.62. The van der Waals surface area contributed by atoms with Crippen LogP contribution in [-0.4, -0.2) is 57.1 Å². The molecule has 1 aliphatic heterocycles. The number of phenolic OH excluding ortho intramolecular Hbond substituents is 1. The Morgan fingerprint density at radius 3 is 1.84 bits per heavy atom. The summed E-state index contributed by atoms with van der Waals surface area (Å²) in [6.45, 7) is 27.7. The Balaban J connectivity index is 0.000000317. The highest BCUT2D eigenvalue weighted by molar-refractivity contribution is 5.78. The number of carboxylic acid groups (broad SMARTS) is 1. The zero-order valence-electron chi connectivity index (χ0n) is 30.3. The fourth-order valence-electron chi connectivity index (χ4n) is 6.33. The molecule has 3 atom stereocenters. The molecule has 0 spiro atoms. The molecule has 3 rings (SSSR count). The van der Waals surface area contributed by atoms with Crippen molar-refractivity contribution in [2.24, 2.45) is 21.7 Å². The van der Waals surface area contributed by atoms with E-state index < -0.39 is 11.6 Å². The zero-order valence-corrected chi connectivity index (χ0v) is 30.3. The van der Waals surface area contributed by atoms with Gasteiger partial charge in [0, 0.05) is 18.8 Å². The predicted molar refractivity (Wildman–Crippen MR) is 184 cm³/mol. The van der Waals surface area contributed by atoms with Gasteiger partial charge in [-0.3, -0.25) is 4.79 Å². The summed E-state index contributed by atoms with van der Waals surface area (Å²) in [7, 11) is 0. The van der Waals surface area contributed by atoms with Crippen LogP contribution in [0.1, 0.15) is 126 Å². The number of aliphatic imine (C=N–C) groups is 1. The number of nitrogens with zero attached hydrogens (tertiary/aromatic N) is 1. The van der Waals surface area contributed by atoms with Gasteiger partial charge in [-0.05, 0) is 63.7 Å². The van der Waals surface area contributed by atoms with E-state index in [4.69, 9.17) is 14.9 Å². The first-order chi connectivity index (χ1) is 20.3. The van der Waals surface area contributed by atoms with Gasteiger partial charge in [-0.25, -0.2) is 4.99 Å². The van der Waals surface area contributed by atoms with Crippen LogP contribution in [0.25, 0.3) is 0 Å². The lowest BCUT2D eigenvalue weighted by atomic mass is 9.61. The first-order valence-electron chi connectivity index (χ1n) is 16.3. The molecule has 45 heavy (non-hydrogen) atoms. The Morgan fingerprint density at radius 1 is 0.911 bits per heavy atom. The van der Waals surface area contributed by atoms with Crippen LogP contribution in [0.15, 0.2) is 40.4 Å². The maximum absolute atomic E-state index is 11.1. The number of carbonyl (C=O) groups is 1. The van der Waals surface area contributed by atoms with E-state index in [-0.39, 0.29) is 46.6 Å². The lowest BCUT2D eigenvalue weighted by Crippen LogP contribution is -2.47. The largest absolute Gasteiger partial charge is 0.507 e. The van der Waals surface area contributed by atoms with E-state index in [0.717, 1.165) is 34.6 Å². The van der Waals surface area contributed by atoms with Gasteiger partial charge >= 0.3 is 5.97 Å². The van der Waals surface area contributed by atoms with Gasteiger partial charge in [-0.1, -0.05) is 113 Å². The minimum atomic E-state index is -0.913. The quantitative estimate of drug-likeness (QED) is 0.244. The van der Waals surface area contributed by atoms with Crippen molar-refractivity contribution in [1.29, 1.82) is 0 Å². The van der Waals surface area contributed by atoms with E-state index in [1.165, 1.54) is 5.56 Å². The van der Waals surface area contributed by atoms with Gasteiger partial charge in [0.1, 0.15) is 18.4 Å². The second-order valence-corrected chi connectivity index (χ2v) is 17.1. The van der Waals surface area contributed by atoms with Crippen molar-refractivity contribution in [2.75, 3.05) is 13.2 Å². The fraction of sp³-hybridized carbons (Fsp3) is 0.684. The van der Waals surface area contributed by atoms with E-state index in [2.05, 4.69) is 106 Å². The molecule has 0 saturated carbocycles. The molecular weight excluding hydrogens is 566 g/mol. The van der Waals surface area contributed by atoms with Crippen molar-refractivity contribution in [3.05, 3.63) is 52.1 Å². The molecule has 1 aromatic rings. The average molecular weight is 628 g/mol. The molecule has 0 aromatic heterocycles. The molecule has 0 amide bonds. The van der Waals surface area contributed by atoms with Crippen molar-refractivity contribution in [3.8, 4) is 5.75 Å². The molecule has 7 heteroatoms. The Bertz CT molecular complexity index is 1250. The zero-order chi connectivity index (χ0) is 34.8. The Hall–Kier alpha value is -2.64. The molecule has 0 bridgehead atoms. The molecule has 7 nitrogen and oxygen atoms in total. The minimum absolute atomic E-state index is 0.0328. The number of allylic oxidation sites excluding steroid dienone is 2. The van der Waals surface area contributed by atoms with Crippen LogP contribution >= 0.6 is 0 Å². The summed E-state index contributed by atoms with van der Waals surface area (Å²) in [5.41, 5.74) is 3.74. The van der Waals surface area contributed by atoms with Crippen molar-refractivity contribution >= 4 is 11.9 Å². The predicted octanol–water partition coefficient (Wildman–Crippen LogP) is 7.89. The van der Waals surface area contributed by atoms with E-state index in [9.17, 15) is 15.0 Å². The van der Waals surface area contributed by atoms with Crippen LogP contribution in [0, 0.1) is 16.7 Å². The highest BCUT2D eigenvalue weighted by atomic mass is 16.5. The molecule has 0 saturated heterocycles. The summed E-state index contributed by atoms with van der Waals surface area (Å²) < 4.78 is 5.54. The number of rotatable bonds is 7. The van der Waals surface area contributed by atoms with Gasteiger partial charge in [0.25, 0.3) is 0 Å². The summed E-state index contributed by atoms with van der Waals surface area (Å²) in [5, 5.41) is 39.9. The number of hydrogen-bond donors (Lipinski definition) is 4. The summed E-state index contributed by atoms with van der Waals surface area (Å²) in [6.07, 6.45) is 6.23. The van der Waals surface area contributed by atoms with Gasteiger partial charge < -0.3 is 25.2 Å². The fourth-order valence-corrected chi connectivity index (χ4v) is 6.33. The van der Waals surface area contributed by atoms with Crippen molar-refractivity contribution in [2.45, 2.75) is 138 Å². The number of aryl methyl sites for hydroxylation is 1. The summed E-state index contributed by atoms with van der Waals surface area (Å²) in [5.74, 6) is 0.310. The Kier molecular flexibility index (Phi) is 12.0. The standard InChI is InChI=1S/C20H31NO3.C18H30O3/c1-19(2,3)15-9-13(10-16(18(15)23)20(4,5)6)7-8-17-21-14(11-22)12-24-17;1-16(2,3)13-10-12(8-9-15(19)20)11-14(17(4,5)6)18(13,7)21/h9-10,14,22-23H,7-8,11-12H2,1-6H3;10-11,13,21H,8-9H2,1-7H3,(H,19,20). The van der Waals surface area contributed by atoms with Crippen LogP contribution in [0.5, 0.6) is 5.75 Å². The third-order valence-corrected chi connectivity index (χ3v) is 8.62. The maximum atomic E-state index is 11.1. The molecule has 4 N–H and O–H groups in total. The normalized spacial score (nSPS) is 22.5. The summed E-state index contributed by atoms with van der Waals surface area (Å²) in [4.78, 5) is 15.2. The van der Waals surface area contributed by atoms with E-state index in [0.29, 0.717) is 25.2 Å². The molecule has 0 radical (unpaired) electrons. The van der Waals surface area contributed by atoms with Crippen LogP contribution in [-0.2, 0) is 26.8 Å². The lowest BCUT2D eigenvalue weighted by molar-refractivity contribution is -0.136. The van der Waals surface area contributed by atoms with Crippen molar-refractivity contribution in [1.82, 2.24) is 0 Å². The number of aliphatic hydroxyl groups excluding tert-OH is 1. The van der Waals surface area contributed by atoms with Gasteiger partial charge in [-0.2, -0.15) is 0 Å².